The van der Waals surface area contributed by atoms with Gasteiger partial charge in [-0.05, 0) is 59.9 Å². The van der Waals surface area contributed by atoms with Crippen molar-refractivity contribution < 1.29 is 9.90 Å². The lowest BCUT2D eigenvalue weighted by Crippen LogP contribution is -2.20. The van der Waals surface area contributed by atoms with E-state index in [-0.39, 0.29) is 6.04 Å². The average Bonchev–Trinajstić information content (AvgIpc) is 2.76. The van der Waals surface area contributed by atoms with Gasteiger partial charge in [-0.15, -0.1) is 11.3 Å². The summed E-state index contributed by atoms with van der Waals surface area (Å²) in [5.41, 5.74) is 1.40. The Labute approximate surface area is 124 Å². The van der Waals surface area contributed by atoms with E-state index in [1.165, 1.54) is 4.88 Å². The molecule has 1 atom stereocenters. The van der Waals surface area contributed by atoms with Crippen LogP contribution >= 0.6 is 27.3 Å². The standard InChI is InChI=1S/C14H14BrNO2S/c1-16(2)13(11-7-8-12(15)19-11)9-3-5-10(6-4-9)14(17)18/h3-8,13H,1-2H3,(H,17,18). The van der Waals surface area contributed by atoms with Gasteiger partial charge in [0.25, 0.3) is 0 Å². The van der Waals surface area contributed by atoms with Gasteiger partial charge in [0.05, 0.1) is 15.4 Å². The second-order valence-electron chi connectivity index (χ2n) is 4.44. The van der Waals surface area contributed by atoms with Crippen LogP contribution in [0.25, 0.3) is 0 Å². The predicted molar refractivity (Wildman–Crippen MR) is 81.0 cm³/mol. The summed E-state index contributed by atoms with van der Waals surface area (Å²) in [7, 11) is 4.03. The summed E-state index contributed by atoms with van der Waals surface area (Å²) in [5.74, 6) is -0.896. The molecule has 1 aromatic heterocycles. The molecule has 2 aromatic rings. The molecule has 1 N–H and O–H groups in total. The number of carboxylic acid groups (broad SMARTS) is 1. The van der Waals surface area contributed by atoms with Gasteiger partial charge in [-0.25, -0.2) is 4.79 Å². The van der Waals surface area contributed by atoms with Crippen LogP contribution in [0.4, 0.5) is 0 Å². The van der Waals surface area contributed by atoms with Crippen molar-refractivity contribution in [3.8, 4) is 0 Å². The van der Waals surface area contributed by atoms with Crippen molar-refractivity contribution >= 4 is 33.2 Å². The number of benzene rings is 1. The molecule has 1 heterocycles. The fourth-order valence-electron chi connectivity index (χ4n) is 2.00. The first-order valence-electron chi connectivity index (χ1n) is 5.74. The van der Waals surface area contributed by atoms with Crippen molar-refractivity contribution in [3.63, 3.8) is 0 Å². The third-order valence-electron chi connectivity index (χ3n) is 2.85. The largest absolute Gasteiger partial charge is 0.478 e. The zero-order chi connectivity index (χ0) is 14.0. The molecule has 0 radical (unpaired) electrons. The molecular weight excluding hydrogens is 326 g/mol. The van der Waals surface area contributed by atoms with E-state index < -0.39 is 5.97 Å². The van der Waals surface area contributed by atoms with E-state index in [1.54, 1.807) is 23.5 Å². The van der Waals surface area contributed by atoms with Crippen LogP contribution in [-0.2, 0) is 0 Å². The highest BCUT2D eigenvalue weighted by molar-refractivity contribution is 9.11. The SMILES string of the molecule is CN(C)C(c1ccc(C(=O)O)cc1)c1ccc(Br)s1. The maximum absolute atomic E-state index is 10.9. The number of carboxylic acids is 1. The Hall–Kier alpha value is -1.17. The van der Waals surface area contributed by atoms with Crippen molar-refractivity contribution in [2.24, 2.45) is 0 Å². The minimum Gasteiger partial charge on any atom is -0.478 e. The Balaban J connectivity index is 2.37. The molecule has 3 nitrogen and oxygen atoms in total. The maximum Gasteiger partial charge on any atom is 0.335 e. The molecule has 0 amide bonds. The summed E-state index contributed by atoms with van der Waals surface area (Å²) in [6.07, 6.45) is 0. The molecule has 0 fully saturated rings. The lowest BCUT2D eigenvalue weighted by molar-refractivity contribution is 0.0697. The van der Waals surface area contributed by atoms with Crippen LogP contribution in [0.5, 0.6) is 0 Å². The van der Waals surface area contributed by atoms with Crippen molar-refractivity contribution in [2.75, 3.05) is 14.1 Å². The highest BCUT2D eigenvalue weighted by atomic mass is 79.9. The molecule has 0 saturated heterocycles. The van der Waals surface area contributed by atoms with Gasteiger partial charge >= 0.3 is 5.97 Å². The van der Waals surface area contributed by atoms with Crippen LogP contribution in [-0.4, -0.2) is 30.1 Å². The van der Waals surface area contributed by atoms with Crippen LogP contribution in [0.15, 0.2) is 40.2 Å². The van der Waals surface area contributed by atoms with E-state index in [0.29, 0.717) is 5.56 Å². The van der Waals surface area contributed by atoms with Crippen molar-refractivity contribution in [3.05, 3.63) is 56.2 Å². The normalized spacial score (nSPS) is 12.6. The number of aromatic carboxylic acids is 1. The summed E-state index contributed by atoms with van der Waals surface area (Å²) in [4.78, 5) is 14.2. The van der Waals surface area contributed by atoms with Gasteiger partial charge in [-0.2, -0.15) is 0 Å². The molecule has 0 bridgehead atoms. The zero-order valence-electron chi connectivity index (χ0n) is 10.6. The lowest BCUT2D eigenvalue weighted by Gasteiger charge is -2.23. The van der Waals surface area contributed by atoms with Crippen LogP contribution < -0.4 is 0 Å². The quantitative estimate of drug-likeness (QED) is 0.919. The second-order valence-corrected chi connectivity index (χ2v) is 6.93. The summed E-state index contributed by atoms with van der Waals surface area (Å²) in [5, 5.41) is 8.93. The Morgan fingerprint density at radius 1 is 1.21 bits per heavy atom. The highest BCUT2D eigenvalue weighted by Crippen LogP contribution is 2.34. The van der Waals surface area contributed by atoms with E-state index in [1.807, 2.05) is 32.3 Å². The number of thiophene rings is 1. The van der Waals surface area contributed by atoms with E-state index in [9.17, 15) is 4.79 Å². The van der Waals surface area contributed by atoms with E-state index in [2.05, 4.69) is 26.9 Å². The molecule has 0 spiro atoms. The number of nitrogens with zero attached hydrogens (tertiary/aromatic N) is 1. The average molecular weight is 340 g/mol. The van der Waals surface area contributed by atoms with Crippen LogP contribution in [0.2, 0.25) is 0 Å². The number of carbonyl (C=O) groups is 1. The Morgan fingerprint density at radius 2 is 1.84 bits per heavy atom. The van der Waals surface area contributed by atoms with Gasteiger partial charge in [-0.1, -0.05) is 12.1 Å². The molecule has 0 saturated carbocycles. The number of rotatable bonds is 4. The monoisotopic (exact) mass is 339 g/mol. The molecule has 5 heteroatoms. The molecule has 2 rings (SSSR count). The third kappa shape index (κ3) is 3.23. The summed E-state index contributed by atoms with van der Waals surface area (Å²) >= 11 is 5.16. The van der Waals surface area contributed by atoms with Crippen molar-refractivity contribution in [1.29, 1.82) is 0 Å². The van der Waals surface area contributed by atoms with E-state index in [4.69, 9.17) is 5.11 Å². The first kappa shape index (κ1) is 14.2. The molecule has 0 aliphatic carbocycles. The van der Waals surface area contributed by atoms with Gasteiger partial charge in [0.15, 0.2) is 0 Å². The third-order valence-corrected chi connectivity index (χ3v) is 4.53. The van der Waals surface area contributed by atoms with Gasteiger partial charge in [0, 0.05) is 4.88 Å². The molecular formula is C14H14BrNO2S. The maximum atomic E-state index is 10.9. The number of hydrogen-bond acceptors (Lipinski definition) is 3. The zero-order valence-corrected chi connectivity index (χ0v) is 13.0. The van der Waals surface area contributed by atoms with Gasteiger partial charge < -0.3 is 5.11 Å². The predicted octanol–water partition coefficient (Wildman–Crippen LogP) is 3.86. The lowest BCUT2D eigenvalue weighted by atomic mass is 10.0. The van der Waals surface area contributed by atoms with Crippen LogP contribution in [0, 0.1) is 0 Å². The van der Waals surface area contributed by atoms with Crippen LogP contribution in [0.3, 0.4) is 0 Å². The van der Waals surface area contributed by atoms with Crippen molar-refractivity contribution in [1.82, 2.24) is 4.90 Å². The molecule has 1 aromatic carbocycles. The number of hydrogen-bond donors (Lipinski definition) is 1. The fraction of sp³-hybridized carbons (Fsp3) is 0.214. The van der Waals surface area contributed by atoms with Crippen molar-refractivity contribution in [2.45, 2.75) is 6.04 Å². The summed E-state index contributed by atoms with van der Waals surface area (Å²) in [6, 6.07) is 11.3. The van der Waals surface area contributed by atoms with Crippen LogP contribution in [0.1, 0.15) is 26.8 Å². The summed E-state index contributed by atoms with van der Waals surface area (Å²) < 4.78 is 1.09. The second kappa shape index (κ2) is 5.86. The molecule has 19 heavy (non-hydrogen) atoms. The minimum absolute atomic E-state index is 0.138. The molecule has 0 aliphatic heterocycles. The van der Waals surface area contributed by atoms with Gasteiger partial charge in [-0.3, -0.25) is 4.90 Å². The number of halogens is 1. The topological polar surface area (TPSA) is 40.5 Å². The van der Waals surface area contributed by atoms with E-state index >= 15 is 0 Å². The van der Waals surface area contributed by atoms with Gasteiger partial charge in [0.2, 0.25) is 0 Å². The Bertz CT molecular complexity index is 577. The first-order chi connectivity index (χ1) is 8.99. The smallest absolute Gasteiger partial charge is 0.335 e. The summed E-state index contributed by atoms with van der Waals surface area (Å²) in [6.45, 7) is 0. The van der Waals surface area contributed by atoms with E-state index in [0.717, 1.165) is 9.35 Å². The highest BCUT2D eigenvalue weighted by Gasteiger charge is 2.18. The molecule has 0 aliphatic rings. The van der Waals surface area contributed by atoms with Gasteiger partial charge in [0.1, 0.15) is 0 Å². The molecule has 100 valence electrons. The Morgan fingerprint density at radius 3 is 2.26 bits per heavy atom. The Kier molecular flexibility index (Phi) is 4.39. The minimum atomic E-state index is -0.896. The first-order valence-corrected chi connectivity index (χ1v) is 7.35. The fourth-order valence-corrected chi connectivity index (χ4v) is 3.65. The molecule has 1 unspecified atom stereocenters.